The van der Waals surface area contributed by atoms with Gasteiger partial charge in [0, 0.05) is 23.9 Å². The number of rotatable bonds is 6. The van der Waals surface area contributed by atoms with E-state index in [2.05, 4.69) is 5.32 Å². The van der Waals surface area contributed by atoms with E-state index in [0.29, 0.717) is 17.5 Å². The number of aryl methyl sites for hydroxylation is 1. The summed E-state index contributed by atoms with van der Waals surface area (Å²) < 4.78 is 44.2. The van der Waals surface area contributed by atoms with Gasteiger partial charge < -0.3 is 9.94 Å². The van der Waals surface area contributed by atoms with Gasteiger partial charge in [0.15, 0.2) is 0 Å². The molecule has 158 valence electrons. The maximum Gasteiger partial charge on any atom is 0.401 e. The summed E-state index contributed by atoms with van der Waals surface area (Å²) in [6.45, 7) is 1.24. The maximum absolute atomic E-state index is 12.4. The van der Waals surface area contributed by atoms with Crippen LogP contribution in [0.4, 0.5) is 19.0 Å². The normalized spacial score (nSPS) is 17.6. The van der Waals surface area contributed by atoms with Gasteiger partial charge in [-0.2, -0.15) is 13.2 Å². The predicted octanol–water partition coefficient (Wildman–Crippen LogP) is 1.18. The number of hydrogen-bond acceptors (Lipinski definition) is 6. The van der Waals surface area contributed by atoms with Crippen LogP contribution >= 0.6 is 0 Å². The molecule has 11 heteroatoms. The molecule has 1 aliphatic rings. The van der Waals surface area contributed by atoms with E-state index < -0.39 is 24.8 Å². The largest absolute Gasteiger partial charge is 0.461 e. The average molecular weight is 416 g/mol. The summed E-state index contributed by atoms with van der Waals surface area (Å²) in [7, 11) is 0. The number of ether oxygens (including phenoxy) is 1. The molecule has 0 bridgehead atoms. The topological polar surface area (TPSA) is 89.8 Å². The number of carbonyl (C=O) groups is 1. The Morgan fingerprint density at radius 1 is 1.34 bits per heavy atom. The molecule has 1 aromatic carbocycles. The highest BCUT2D eigenvalue weighted by molar-refractivity contribution is 5.70. The van der Waals surface area contributed by atoms with Crippen molar-refractivity contribution in [3.63, 3.8) is 0 Å². The van der Waals surface area contributed by atoms with E-state index in [4.69, 9.17) is 4.74 Å². The number of nitrogens with zero attached hydrogens (tertiary/aromatic N) is 3. The van der Waals surface area contributed by atoms with Crippen molar-refractivity contribution in [1.29, 1.82) is 0 Å². The van der Waals surface area contributed by atoms with Gasteiger partial charge in [0.2, 0.25) is 5.52 Å². The van der Waals surface area contributed by atoms with E-state index in [-0.39, 0.29) is 31.9 Å². The second-order valence-corrected chi connectivity index (χ2v) is 7.09. The number of aromatic nitrogens is 2. The Balaban J connectivity index is 1.51. The molecule has 29 heavy (non-hydrogen) atoms. The van der Waals surface area contributed by atoms with Gasteiger partial charge in [0.25, 0.3) is 0 Å². The average Bonchev–Trinajstić information content (AvgIpc) is 3.03. The zero-order chi connectivity index (χ0) is 21.2. The molecule has 1 saturated heterocycles. The van der Waals surface area contributed by atoms with Crippen LogP contribution in [0.1, 0.15) is 18.4 Å². The molecule has 1 aromatic heterocycles. The minimum Gasteiger partial charge on any atom is -0.461 e. The number of alkyl halides is 3. The van der Waals surface area contributed by atoms with Gasteiger partial charge in [0.05, 0.1) is 19.5 Å². The van der Waals surface area contributed by atoms with Crippen LogP contribution < -0.4 is 14.8 Å². The Morgan fingerprint density at radius 3 is 2.83 bits per heavy atom. The van der Waals surface area contributed by atoms with Gasteiger partial charge in [0.1, 0.15) is 6.10 Å². The molecule has 3 N–H and O–H groups in total. The number of halogens is 3. The minimum atomic E-state index is -4.27. The van der Waals surface area contributed by atoms with E-state index in [1.807, 2.05) is 6.92 Å². The van der Waals surface area contributed by atoms with Crippen molar-refractivity contribution in [3.8, 4) is 0 Å². The molecule has 0 amide bonds. The first-order valence-electron chi connectivity index (χ1n) is 9.14. The summed E-state index contributed by atoms with van der Waals surface area (Å²) in [4.78, 5) is 13.2. The smallest absolute Gasteiger partial charge is 0.401 e. The van der Waals surface area contributed by atoms with E-state index in [1.165, 1.54) is 11.1 Å². The van der Waals surface area contributed by atoms with Crippen LogP contribution in [0.2, 0.25) is 0 Å². The fraction of sp³-hybridized carbons (Fsp3) is 0.500. The Bertz CT molecular complexity index is 907. The van der Waals surface area contributed by atoms with Crippen LogP contribution in [-0.4, -0.2) is 59.7 Å². The molecule has 0 radical (unpaired) electrons. The van der Waals surface area contributed by atoms with Gasteiger partial charge in [-0.05, 0) is 29.7 Å². The lowest BCUT2D eigenvalue weighted by atomic mass is 10.2. The number of fused-ring (bicyclic) bond motifs is 1. The zero-order valence-electron chi connectivity index (χ0n) is 15.8. The number of likely N-dealkylation sites (tertiary alicyclic amines) is 1. The Kier molecular flexibility index (Phi) is 5.96. The maximum atomic E-state index is 12.4. The molecule has 8 nitrogen and oxygen atoms in total. The van der Waals surface area contributed by atoms with E-state index in [9.17, 15) is 28.4 Å². The fourth-order valence-electron chi connectivity index (χ4n) is 3.31. The van der Waals surface area contributed by atoms with Crippen molar-refractivity contribution in [2.24, 2.45) is 0 Å². The van der Waals surface area contributed by atoms with E-state index in [0.717, 1.165) is 15.0 Å². The van der Waals surface area contributed by atoms with Crippen LogP contribution in [0.15, 0.2) is 24.4 Å². The Morgan fingerprint density at radius 2 is 2.10 bits per heavy atom. The van der Waals surface area contributed by atoms with E-state index >= 15 is 0 Å². The third kappa shape index (κ3) is 5.37. The number of benzene rings is 1. The molecule has 0 aliphatic carbocycles. The molecule has 1 unspecified atom stereocenters. The van der Waals surface area contributed by atoms with Crippen LogP contribution in [0.5, 0.6) is 0 Å². The number of nitrogens with one attached hydrogen (secondary N) is 1. The Labute approximate surface area is 164 Å². The lowest BCUT2D eigenvalue weighted by molar-refractivity contribution is -0.914. The van der Waals surface area contributed by atoms with Crippen LogP contribution in [0, 0.1) is 6.92 Å². The van der Waals surface area contributed by atoms with Crippen molar-refractivity contribution in [3.05, 3.63) is 30.0 Å². The van der Waals surface area contributed by atoms with Gasteiger partial charge in [-0.1, -0.05) is 6.07 Å². The fourth-order valence-corrected chi connectivity index (χ4v) is 3.31. The predicted molar refractivity (Wildman–Crippen MR) is 93.5 cm³/mol. The summed E-state index contributed by atoms with van der Waals surface area (Å²) >= 11 is 0. The van der Waals surface area contributed by atoms with Gasteiger partial charge in [-0.15, -0.1) is 0 Å². The van der Waals surface area contributed by atoms with Gasteiger partial charge >= 0.3 is 29.7 Å². The summed E-state index contributed by atoms with van der Waals surface area (Å²) in [5, 5.41) is 23.2. The number of carbonyl (C=O) groups excluding carboxylic acids is 1. The third-order valence-electron chi connectivity index (χ3n) is 4.64. The second-order valence-electron chi connectivity index (χ2n) is 7.09. The first-order chi connectivity index (χ1) is 13.6. The molecule has 2 heterocycles. The highest BCUT2D eigenvalue weighted by Crippen LogP contribution is 2.21. The number of hydrogen-bond donors (Lipinski definition) is 3. The quantitative estimate of drug-likeness (QED) is 0.372. The highest BCUT2D eigenvalue weighted by Gasteiger charge is 2.35. The van der Waals surface area contributed by atoms with Crippen LogP contribution in [0.25, 0.3) is 11.0 Å². The molecule has 0 saturated carbocycles. The Hall–Kier alpha value is -2.82. The van der Waals surface area contributed by atoms with E-state index in [1.54, 1.807) is 18.2 Å². The second kappa shape index (κ2) is 8.27. The number of esters is 1. The minimum absolute atomic E-state index is 0.0485. The summed E-state index contributed by atoms with van der Waals surface area (Å²) in [5.41, 5.74) is 1.67. The van der Waals surface area contributed by atoms with Crippen molar-refractivity contribution in [2.75, 3.05) is 31.5 Å². The summed E-state index contributed by atoms with van der Waals surface area (Å²) in [5.74, 6) is -0.386. The monoisotopic (exact) mass is 416 g/mol. The lowest BCUT2D eigenvalue weighted by Gasteiger charge is -2.17. The number of anilines is 1. The molecular weight excluding hydrogens is 393 g/mol. The summed E-state index contributed by atoms with van der Waals surface area (Å²) in [6, 6.07) is 5.12. The first-order valence-corrected chi connectivity index (χ1v) is 9.14. The SMILES string of the molecule is Cc1ccc2c(c1)[n+](O)cc(NCCC(=O)OC1CCN(CC(F)(F)F)C1)[n+]2O. The van der Waals surface area contributed by atoms with Crippen LogP contribution in [-0.2, 0) is 9.53 Å². The third-order valence-corrected chi connectivity index (χ3v) is 4.64. The lowest BCUT2D eigenvalue weighted by Crippen LogP contribution is -2.43. The van der Waals surface area contributed by atoms with Crippen molar-refractivity contribution >= 4 is 22.8 Å². The van der Waals surface area contributed by atoms with Gasteiger partial charge in [-0.25, -0.2) is 0 Å². The molecule has 1 fully saturated rings. The van der Waals surface area contributed by atoms with Crippen LogP contribution in [0.3, 0.4) is 0 Å². The molecule has 0 spiro atoms. The van der Waals surface area contributed by atoms with Crippen molar-refractivity contribution in [2.45, 2.75) is 32.0 Å². The zero-order valence-corrected chi connectivity index (χ0v) is 15.8. The van der Waals surface area contributed by atoms with Crippen molar-refractivity contribution in [1.82, 2.24) is 4.90 Å². The molecular formula is C18H23F3N4O4+2. The van der Waals surface area contributed by atoms with Crippen molar-refractivity contribution < 1.29 is 42.6 Å². The molecule has 2 aromatic rings. The molecule has 1 aliphatic heterocycles. The summed E-state index contributed by atoms with van der Waals surface area (Å²) in [6.07, 6.45) is -3.26. The first kappa shape index (κ1) is 20.9. The highest BCUT2D eigenvalue weighted by atomic mass is 19.4. The molecule has 3 rings (SSSR count). The molecule has 1 atom stereocenters. The standard InChI is InChI=1S/C18H22F3N4O4/c1-12-2-3-14-15(8-12)24(27)10-16(25(14)28)22-6-4-17(26)29-13-5-7-23(9-13)11-18(19,20)21/h2-3,8,10,13,28H,4-7,9,11H2,1H3,(H,22,27)/q+1/p+1. The van der Waals surface area contributed by atoms with Gasteiger partial charge in [-0.3, -0.25) is 20.2 Å².